The Kier molecular flexibility index (Phi) is 1.39. The Hall–Kier alpha value is -0.0400. The van der Waals surface area contributed by atoms with Crippen LogP contribution in [0.4, 0.5) is 0 Å². The maximum absolute atomic E-state index is 6.11. The molecule has 0 unspecified atom stereocenters. The molecular formula is C10H18O. The van der Waals surface area contributed by atoms with Crippen LogP contribution in [-0.2, 0) is 4.74 Å². The Morgan fingerprint density at radius 1 is 1.09 bits per heavy atom. The Balaban J connectivity index is 2.20. The van der Waals surface area contributed by atoms with Crippen molar-refractivity contribution in [1.29, 1.82) is 0 Å². The molecule has 0 aliphatic carbocycles. The Labute approximate surface area is 69.1 Å². The molecule has 11 heavy (non-hydrogen) atoms. The van der Waals surface area contributed by atoms with E-state index >= 15 is 0 Å². The molecule has 0 N–H and O–H groups in total. The number of fused-ring (bicyclic) bond motifs is 2. The molecule has 1 nitrogen and oxygen atoms in total. The van der Waals surface area contributed by atoms with E-state index in [9.17, 15) is 0 Å². The third-order valence-electron chi connectivity index (χ3n) is 3.66. The highest BCUT2D eigenvalue weighted by molar-refractivity contribution is 5.03. The van der Waals surface area contributed by atoms with Crippen molar-refractivity contribution in [2.45, 2.75) is 57.7 Å². The average Bonchev–Trinajstić information content (AvgIpc) is 2.42. The highest BCUT2D eigenvalue weighted by atomic mass is 16.5. The van der Waals surface area contributed by atoms with E-state index in [0.717, 1.165) is 0 Å². The molecule has 0 aromatic rings. The summed E-state index contributed by atoms with van der Waals surface area (Å²) < 4.78 is 6.11. The van der Waals surface area contributed by atoms with Crippen LogP contribution in [0.3, 0.4) is 0 Å². The average molecular weight is 154 g/mol. The second-order valence-electron chi connectivity index (χ2n) is 4.77. The molecular weight excluding hydrogens is 136 g/mol. The fourth-order valence-corrected chi connectivity index (χ4v) is 2.59. The van der Waals surface area contributed by atoms with Crippen molar-refractivity contribution in [3.05, 3.63) is 0 Å². The monoisotopic (exact) mass is 154 g/mol. The first-order chi connectivity index (χ1) is 5.06. The summed E-state index contributed by atoms with van der Waals surface area (Å²) in [7, 11) is 0. The van der Waals surface area contributed by atoms with E-state index in [1.807, 2.05) is 0 Å². The van der Waals surface area contributed by atoms with Gasteiger partial charge in [0.1, 0.15) is 0 Å². The molecule has 0 aromatic heterocycles. The summed E-state index contributed by atoms with van der Waals surface area (Å²) in [6.07, 6.45) is 5.15. The van der Waals surface area contributed by atoms with E-state index < -0.39 is 0 Å². The Morgan fingerprint density at radius 3 is 1.82 bits per heavy atom. The van der Waals surface area contributed by atoms with Crippen molar-refractivity contribution in [3.8, 4) is 0 Å². The van der Waals surface area contributed by atoms with Gasteiger partial charge < -0.3 is 4.74 Å². The van der Waals surface area contributed by atoms with Gasteiger partial charge in [0, 0.05) is 0 Å². The quantitative estimate of drug-likeness (QED) is 0.564. The molecule has 2 bridgehead atoms. The van der Waals surface area contributed by atoms with Crippen LogP contribution in [0.1, 0.15) is 46.5 Å². The number of rotatable bonds is 1. The first kappa shape index (κ1) is 7.60. The predicted octanol–water partition coefficient (Wildman–Crippen LogP) is 2.74. The van der Waals surface area contributed by atoms with Gasteiger partial charge in [0.05, 0.1) is 11.2 Å². The van der Waals surface area contributed by atoms with Gasteiger partial charge in [-0.1, -0.05) is 13.8 Å². The number of ether oxygens (including phenoxy) is 1. The lowest BCUT2D eigenvalue weighted by Crippen LogP contribution is -2.31. The fraction of sp³-hybridized carbons (Fsp3) is 1.00. The lowest BCUT2D eigenvalue weighted by atomic mass is 9.77. The van der Waals surface area contributed by atoms with Gasteiger partial charge in [-0.25, -0.2) is 0 Å². The minimum Gasteiger partial charge on any atom is -0.369 e. The first-order valence-electron chi connectivity index (χ1n) is 4.77. The lowest BCUT2D eigenvalue weighted by molar-refractivity contribution is -0.0632. The van der Waals surface area contributed by atoms with E-state index in [2.05, 4.69) is 20.8 Å². The maximum atomic E-state index is 6.11. The number of hydrogen-bond acceptors (Lipinski definition) is 1. The second-order valence-corrected chi connectivity index (χ2v) is 4.77. The predicted molar refractivity (Wildman–Crippen MR) is 45.5 cm³/mol. The van der Waals surface area contributed by atoms with Crippen LogP contribution >= 0.6 is 0 Å². The summed E-state index contributed by atoms with van der Waals surface area (Å²) in [6.45, 7) is 6.85. The summed E-state index contributed by atoms with van der Waals surface area (Å²) in [6, 6.07) is 0. The summed E-state index contributed by atoms with van der Waals surface area (Å²) in [5.41, 5.74) is 0.527. The summed E-state index contributed by atoms with van der Waals surface area (Å²) in [4.78, 5) is 0. The van der Waals surface area contributed by atoms with Gasteiger partial charge in [0.15, 0.2) is 0 Å². The SMILES string of the molecule is CC(C)C12CCC(C)(CC1)O2. The molecule has 2 rings (SSSR count). The van der Waals surface area contributed by atoms with Gasteiger partial charge in [-0.3, -0.25) is 0 Å². The van der Waals surface area contributed by atoms with Crippen LogP contribution in [0, 0.1) is 5.92 Å². The molecule has 0 amide bonds. The fourth-order valence-electron chi connectivity index (χ4n) is 2.59. The minimum absolute atomic E-state index is 0.254. The van der Waals surface area contributed by atoms with Gasteiger partial charge in [0.25, 0.3) is 0 Å². The molecule has 0 atom stereocenters. The van der Waals surface area contributed by atoms with E-state index in [4.69, 9.17) is 4.74 Å². The highest BCUT2D eigenvalue weighted by Gasteiger charge is 2.54. The van der Waals surface area contributed by atoms with Gasteiger partial charge in [-0.15, -0.1) is 0 Å². The van der Waals surface area contributed by atoms with Crippen molar-refractivity contribution in [1.82, 2.24) is 0 Å². The van der Waals surface area contributed by atoms with Crippen molar-refractivity contribution >= 4 is 0 Å². The van der Waals surface area contributed by atoms with Crippen molar-refractivity contribution < 1.29 is 4.74 Å². The third-order valence-corrected chi connectivity index (χ3v) is 3.66. The summed E-state index contributed by atoms with van der Waals surface area (Å²) in [5.74, 6) is 0.701. The van der Waals surface area contributed by atoms with E-state index in [1.54, 1.807) is 0 Å². The van der Waals surface area contributed by atoms with E-state index in [0.29, 0.717) is 5.92 Å². The normalized spacial score (nSPS) is 49.1. The zero-order valence-corrected chi connectivity index (χ0v) is 7.81. The molecule has 2 aliphatic rings. The molecule has 2 aliphatic heterocycles. The molecule has 1 heteroatoms. The van der Waals surface area contributed by atoms with Gasteiger partial charge in [0.2, 0.25) is 0 Å². The molecule has 0 aromatic carbocycles. The van der Waals surface area contributed by atoms with Crippen LogP contribution < -0.4 is 0 Å². The zero-order valence-electron chi connectivity index (χ0n) is 7.81. The second kappa shape index (κ2) is 2.01. The van der Waals surface area contributed by atoms with Crippen molar-refractivity contribution in [2.24, 2.45) is 5.92 Å². The van der Waals surface area contributed by atoms with Crippen molar-refractivity contribution in [2.75, 3.05) is 0 Å². The standard InChI is InChI=1S/C10H18O/c1-8(2)10-6-4-9(3,11-10)5-7-10/h8H,4-7H2,1-3H3. The van der Waals surface area contributed by atoms with Crippen LogP contribution in [0.5, 0.6) is 0 Å². The zero-order chi connectivity index (χ0) is 8.11. The van der Waals surface area contributed by atoms with Crippen LogP contribution in [0.2, 0.25) is 0 Å². The topological polar surface area (TPSA) is 9.23 Å². The van der Waals surface area contributed by atoms with Gasteiger partial charge in [-0.05, 0) is 38.5 Å². The molecule has 64 valence electrons. The number of hydrogen-bond donors (Lipinski definition) is 0. The van der Waals surface area contributed by atoms with Gasteiger partial charge >= 0.3 is 0 Å². The summed E-state index contributed by atoms with van der Waals surface area (Å²) in [5, 5.41) is 0. The molecule has 2 heterocycles. The minimum atomic E-state index is 0.254. The molecule has 0 saturated carbocycles. The smallest absolute Gasteiger partial charge is 0.0714 e. The third kappa shape index (κ3) is 0.936. The molecule has 0 spiro atoms. The van der Waals surface area contributed by atoms with E-state index in [-0.39, 0.29) is 11.2 Å². The Morgan fingerprint density at radius 2 is 1.64 bits per heavy atom. The molecule has 2 saturated heterocycles. The lowest BCUT2D eigenvalue weighted by Gasteiger charge is -2.28. The molecule has 2 fully saturated rings. The Bertz CT molecular complexity index is 164. The maximum Gasteiger partial charge on any atom is 0.0714 e. The van der Waals surface area contributed by atoms with Crippen LogP contribution in [-0.4, -0.2) is 11.2 Å². The largest absolute Gasteiger partial charge is 0.369 e. The highest BCUT2D eigenvalue weighted by Crippen LogP contribution is 2.53. The van der Waals surface area contributed by atoms with Crippen molar-refractivity contribution in [3.63, 3.8) is 0 Å². The molecule has 0 radical (unpaired) electrons. The van der Waals surface area contributed by atoms with Crippen LogP contribution in [0.15, 0.2) is 0 Å². The van der Waals surface area contributed by atoms with E-state index in [1.165, 1.54) is 25.7 Å². The van der Waals surface area contributed by atoms with Gasteiger partial charge in [-0.2, -0.15) is 0 Å². The first-order valence-corrected chi connectivity index (χ1v) is 4.77. The van der Waals surface area contributed by atoms with Crippen LogP contribution in [0.25, 0.3) is 0 Å². The summed E-state index contributed by atoms with van der Waals surface area (Å²) >= 11 is 0.